The Morgan fingerprint density at radius 1 is 1.00 bits per heavy atom. The number of piperidine rings is 1. The van der Waals surface area contributed by atoms with Crippen LogP contribution in [0.25, 0.3) is 0 Å². The summed E-state index contributed by atoms with van der Waals surface area (Å²) in [6.45, 7) is 5.42. The van der Waals surface area contributed by atoms with Gasteiger partial charge in [-0.05, 0) is 69.3 Å². The third-order valence-electron chi connectivity index (χ3n) is 5.40. The Morgan fingerprint density at radius 2 is 1.68 bits per heavy atom. The number of ketones is 1. The summed E-state index contributed by atoms with van der Waals surface area (Å²) in [6.07, 6.45) is 5.40. The summed E-state index contributed by atoms with van der Waals surface area (Å²) < 4.78 is 0. The lowest BCUT2D eigenvalue weighted by Crippen LogP contribution is -2.35. The molecule has 0 aliphatic carbocycles. The van der Waals surface area contributed by atoms with E-state index in [1.54, 1.807) is 0 Å². The first-order chi connectivity index (χ1) is 12.2. The van der Waals surface area contributed by atoms with Crippen molar-refractivity contribution in [2.45, 2.75) is 39.0 Å². The van der Waals surface area contributed by atoms with Crippen molar-refractivity contribution in [1.29, 1.82) is 0 Å². The molecule has 0 spiro atoms. The van der Waals surface area contributed by atoms with Crippen LogP contribution in [0.3, 0.4) is 0 Å². The number of hydrogen-bond acceptors (Lipinski definition) is 2. The highest BCUT2D eigenvalue weighted by atomic mass is 16.1. The van der Waals surface area contributed by atoms with Gasteiger partial charge in [0, 0.05) is 12.0 Å². The van der Waals surface area contributed by atoms with E-state index in [-0.39, 0.29) is 5.78 Å². The molecule has 0 aromatic heterocycles. The van der Waals surface area contributed by atoms with Crippen molar-refractivity contribution in [3.05, 3.63) is 71.3 Å². The maximum absolute atomic E-state index is 12.3. The van der Waals surface area contributed by atoms with E-state index in [1.165, 1.54) is 37.9 Å². The van der Waals surface area contributed by atoms with Gasteiger partial charge in [-0.1, -0.05) is 54.6 Å². The molecule has 1 heterocycles. The number of aryl methyl sites for hydroxylation is 1. The van der Waals surface area contributed by atoms with E-state index >= 15 is 0 Å². The Balaban J connectivity index is 1.37. The fourth-order valence-corrected chi connectivity index (χ4v) is 3.85. The van der Waals surface area contributed by atoms with Crippen molar-refractivity contribution in [2.75, 3.05) is 19.6 Å². The molecule has 1 fully saturated rings. The van der Waals surface area contributed by atoms with E-state index in [4.69, 9.17) is 0 Å². The molecule has 1 aliphatic heterocycles. The molecule has 25 heavy (non-hydrogen) atoms. The van der Waals surface area contributed by atoms with Crippen molar-refractivity contribution in [1.82, 2.24) is 4.90 Å². The fraction of sp³-hybridized carbons (Fsp3) is 0.435. The SMILES string of the molecule is Cc1ccccc1C(=O)CCCN1CCC(Cc2ccccc2)CC1. The molecule has 1 aliphatic rings. The van der Waals surface area contributed by atoms with Crippen LogP contribution < -0.4 is 0 Å². The third-order valence-corrected chi connectivity index (χ3v) is 5.40. The third kappa shape index (κ3) is 5.27. The summed E-state index contributed by atoms with van der Waals surface area (Å²) in [5.74, 6) is 1.10. The van der Waals surface area contributed by atoms with Gasteiger partial charge in [-0.2, -0.15) is 0 Å². The second-order valence-corrected chi connectivity index (χ2v) is 7.32. The number of hydrogen-bond donors (Lipinski definition) is 0. The Kier molecular flexibility index (Phi) is 6.41. The molecule has 0 N–H and O–H groups in total. The highest BCUT2D eigenvalue weighted by Gasteiger charge is 2.19. The molecule has 0 saturated carbocycles. The van der Waals surface area contributed by atoms with E-state index in [1.807, 2.05) is 31.2 Å². The number of rotatable bonds is 7. The van der Waals surface area contributed by atoms with Crippen LogP contribution in [0.1, 0.15) is 47.2 Å². The molecule has 0 radical (unpaired) electrons. The summed E-state index contributed by atoms with van der Waals surface area (Å²) in [5, 5.41) is 0. The monoisotopic (exact) mass is 335 g/mol. The summed E-state index contributed by atoms with van der Waals surface area (Å²) >= 11 is 0. The van der Waals surface area contributed by atoms with Crippen LogP contribution >= 0.6 is 0 Å². The number of carbonyl (C=O) groups is 1. The maximum atomic E-state index is 12.3. The average Bonchev–Trinajstić information content (AvgIpc) is 2.64. The highest BCUT2D eigenvalue weighted by Crippen LogP contribution is 2.22. The summed E-state index contributed by atoms with van der Waals surface area (Å²) in [7, 11) is 0. The van der Waals surface area contributed by atoms with Gasteiger partial charge >= 0.3 is 0 Å². The van der Waals surface area contributed by atoms with Gasteiger partial charge in [0.1, 0.15) is 0 Å². The molecule has 0 unspecified atom stereocenters. The molecule has 2 aromatic carbocycles. The Hall–Kier alpha value is -1.93. The predicted molar refractivity (Wildman–Crippen MR) is 104 cm³/mol. The van der Waals surface area contributed by atoms with E-state index < -0.39 is 0 Å². The Bertz CT molecular complexity index is 672. The van der Waals surface area contributed by atoms with Crippen molar-refractivity contribution < 1.29 is 4.79 Å². The lowest BCUT2D eigenvalue weighted by molar-refractivity contribution is 0.0969. The van der Waals surface area contributed by atoms with Crippen LogP contribution in [0, 0.1) is 12.8 Å². The van der Waals surface area contributed by atoms with E-state index in [0.717, 1.165) is 30.0 Å². The van der Waals surface area contributed by atoms with Crippen LogP contribution in [0.5, 0.6) is 0 Å². The molecule has 1 saturated heterocycles. The van der Waals surface area contributed by atoms with Gasteiger partial charge < -0.3 is 4.90 Å². The van der Waals surface area contributed by atoms with Gasteiger partial charge in [0.25, 0.3) is 0 Å². The zero-order valence-electron chi connectivity index (χ0n) is 15.3. The van der Waals surface area contributed by atoms with Crippen LogP contribution in [0.2, 0.25) is 0 Å². The Labute approximate surface area is 151 Å². The van der Waals surface area contributed by atoms with E-state index in [0.29, 0.717) is 6.42 Å². The zero-order chi connectivity index (χ0) is 17.5. The first-order valence-electron chi connectivity index (χ1n) is 9.57. The normalized spacial score (nSPS) is 16.0. The number of benzene rings is 2. The quantitative estimate of drug-likeness (QED) is 0.670. The molecular formula is C23H29NO. The zero-order valence-corrected chi connectivity index (χ0v) is 15.3. The predicted octanol–water partition coefficient (Wildman–Crippen LogP) is 4.91. The minimum atomic E-state index is 0.289. The summed E-state index contributed by atoms with van der Waals surface area (Å²) in [5.41, 5.74) is 3.45. The van der Waals surface area contributed by atoms with Gasteiger partial charge in [0.2, 0.25) is 0 Å². The minimum absolute atomic E-state index is 0.289. The molecule has 0 bridgehead atoms. The van der Waals surface area contributed by atoms with Crippen molar-refractivity contribution in [2.24, 2.45) is 5.92 Å². The molecule has 3 rings (SSSR count). The Morgan fingerprint density at radius 3 is 2.40 bits per heavy atom. The molecule has 0 atom stereocenters. The molecular weight excluding hydrogens is 306 g/mol. The van der Waals surface area contributed by atoms with Crippen LogP contribution in [-0.4, -0.2) is 30.3 Å². The lowest BCUT2D eigenvalue weighted by Gasteiger charge is -2.32. The van der Waals surface area contributed by atoms with Crippen LogP contribution in [0.15, 0.2) is 54.6 Å². The van der Waals surface area contributed by atoms with Gasteiger partial charge in [-0.25, -0.2) is 0 Å². The molecule has 2 heteroatoms. The highest BCUT2D eigenvalue weighted by molar-refractivity contribution is 5.97. The first kappa shape index (κ1) is 17.9. The smallest absolute Gasteiger partial charge is 0.163 e. The van der Waals surface area contributed by atoms with Gasteiger partial charge in [-0.3, -0.25) is 4.79 Å². The van der Waals surface area contributed by atoms with Crippen molar-refractivity contribution in [3.8, 4) is 0 Å². The van der Waals surface area contributed by atoms with Gasteiger partial charge in [0.05, 0.1) is 0 Å². The standard InChI is InChI=1S/C23H29NO/c1-19-8-5-6-11-22(19)23(25)12-7-15-24-16-13-21(14-17-24)18-20-9-3-2-4-10-20/h2-6,8-11,21H,7,12-18H2,1H3. The van der Waals surface area contributed by atoms with Gasteiger partial charge in [0.15, 0.2) is 5.78 Å². The van der Waals surface area contributed by atoms with Gasteiger partial charge in [-0.15, -0.1) is 0 Å². The molecule has 132 valence electrons. The van der Waals surface area contributed by atoms with E-state index in [9.17, 15) is 4.79 Å². The largest absolute Gasteiger partial charge is 0.303 e. The molecule has 0 amide bonds. The first-order valence-corrected chi connectivity index (χ1v) is 9.57. The van der Waals surface area contributed by atoms with Crippen molar-refractivity contribution in [3.63, 3.8) is 0 Å². The second kappa shape index (κ2) is 8.96. The number of Topliss-reactive ketones (excluding diaryl/α,β-unsaturated/α-hetero) is 1. The summed E-state index contributed by atoms with van der Waals surface area (Å²) in [4.78, 5) is 14.9. The molecule has 2 aromatic rings. The number of likely N-dealkylation sites (tertiary alicyclic amines) is 1. The molecule has 2 nitrogen and oxygen atoms in total. The van der Waals surface area contributed by atoms with Crippen LogP contribution in [0.4, 0.5) is 0 Å². The second-order valence-electron chi connectivity index (χ2n) is 7.32. The number of nitrogens with zero attached hydrogens (tertiary/aromatic N) is 1. The minimum Gasteiger partial charge on any atom is -0.303 e. The van der Waals surface area contributed by atoms with Crippen LogP contribution in [-0.2, 0) is 6.42 Å². The number of carbonyl (C=O) groups excluding carboxylic acids is 1. The topological polar surface area (TPSA) is 20.3 Å². The fourth-order valence-electron chi connectivity index (χ4n) is 3.85. The maximum Gasteiger partial charge on any atom is 0.163 e. The van der Waals surface area contributed by atoms with E-state index in [2.05, 4.69) is 35.2 Å². The lowest BCUT2D eigenvalue weighted by atomic mass is 9.90. The van der Waals surface area contributed by atoms with Crippen molar-refractivity contribution >= 4 is 5.78 Å². The summed E-state index contributed by atoms with van der Waals surface area (Å²) in [6, 6.07) is 18.8. The average molecular weight is 335 g/mol.